The van der Waals surface area contributed by atoms with Gasteiger partial charge < -0.3 is 15.1 Å². The SMILES string of the molecule is C=CCN1CCC(NC(=O)N2CCN(C(=O)c3ccccn3)CC2)CC1. The van der Waals surface area contributed by atoms with Gasteiger partial charge >= 0.3 is 6.03 Å². The lowest BCUT2D eigenvalue weighted by atomic mass is 10.1. The normalized spacial score (nSPS) is 19.2. The van der Waals surface area contributed by atoms with E-state index in [1.165, 1.54) is 0 Å². The van der Waals surface area contributed by atoms with E-state index in [0.717, 1.165) is 32.5 Å². The Morgan fingerprint density at radius 1 is 1.12 bits per heavy atom. The van der Waals surface area contributed by atoms with Gasteiger partial charge in [-0.05, 0) is 25.0 Å². The molecule has 1 N–H and O–H groups in total. The number of piperidine rings is 1. The Labute approximate surface area is 154 Å². The number of urea groups is 1. The predicted octanol–water partition coefficient (Wildman–Crippen LogP) is 1.20. The van der Waals surface area contributed by atoms with Gasteiger partial charge in [0.2, 0.25) is 0 Å². The summed E-state index contributed by atoms with van der Waals surface area (Å²) in [6, 6.07) is 5.54. The molecule has 3 heterocycles. The standard InChI is InChI=1S/C19H27N5O2/c1-2-9-22-10-6-16(7-11-22)21-19(26)24-14-12-23(13-15-24)18(25)17-5-3-4-8-20-17/h2-5,8,16H,1,6-7,9-15H2,(H,21,26). The summed E-state index contributed by atoms with van der Waals surface area (Å²) < 4.78 is 0. The predicted molar refractivity (Wildman–Crippen MR) is 99.9 cm³/mol. The summed E-state index contributed by atoms with van der Waals surface area (Å²) in [4.78, 5) is 34.9. The summed E-state index contributed by atoms with van der Waals surface area (Å²) in [5.74, 6) is -0.0692. The highest BCUT2D eigenvalue weighted by Crippen LogP contribution is 2.12. The molecular weight excluding hydrogens is 330 g/mol. The van der Waals surface area contributed by atoms with Crippen molar-refractivity contribution in [3.8, 4) is 0 Å². The van der Waals surface area contributed by atoms with Crippen molar-refractivity contribution in [1.29, 1.82) is 0 Å². The molecule has 0 bridgehead atoms. The first kappa shape index (κ1) is 18.4. The summed E-state index contributed by atoms with van der Waals surface area (Å²) in [6.07, 6.45) is 5.48. The van der Waals surface area contributed by atoms with E-state index in [4.69, 9.17) is 0 Å². The highest BCUT2D eigenvalue weighted by atomic mass is 16.2. The van der Waals surface area contributed by atoms with Gasteiger partial charge in [0.15, 0.2) is 0 Å². The van der Waals surface area contributed by atoms with Crippen molar-refractivity contribution in [2.75, 3.05) is 45.8 Å². The summed E-state index contributed by atoms with van der Waals surface area (Å²) >= 11 is 0. The molecule has 0 radical (unpaired) electrons. The molecular formula is C19H27N5O2. The number of carbonyl (C=O) groups is 2. The van der Waals surface area contributed by atoms with Crippen molar-refractivity contribution in [2.45, 2.75) is 18.9 Å². The number of piperazine rings is 1. The molecule has 2 fully saturated rings. The number of nitrogens with one attached hydrogen (secondary N) is 1. The van der Waals surface area contributed by atoms with Crippen molar-refractivity contribution in [3.05, 3.63) is 42.7 Å². The van der Waals surface area contributed by atoms with Crippen LogP contribution in [-0.4, -0.2) is 83.5 Å². The van der Waals surface area contributed by atoms with Crippen molar-refractivity contribution >= 4 is 11.9 Å². The van der Waals surface area contributed by atoms with Gasteiger partial charge in [0.05, 0.1) is 0 Å². The van der Waals surface area contributed by atoms with Crippen molar-refractivity contribution < 1.29 is 9.59 Å². The molecule has 2 saturated heterocycles. The molecule has 26 heavy (non-hydrogen) atoms. The Morgan fingerprint density at radius 3 is 2.42 bits per heavy atom. The van der Waals surface area contributed by atoms with Crippen LogP contribution in [0.3, 0.4) is 0 Å². The lowest BCUT2D eigenvalue weighted by molar-refractivity contribution is 0.0655. The number of hydrogen-bond donors (Lipinski definition) is 1. The molecule has 3 amide bonds. The molecule has 0 aliphatic carbocycles. The van der Waals surface area contributed by atoms with Crippen LogP contribution in [0.5, 0.6) is 0 Å². The van der Waals surface area contributed by atoms with Crippen LogP contribution in [0, 0.1) is 0 Å². The van der Waals surface area contributed by atoms with Crippen LogP contribution in [0.4, 0.5) is 4.79 Å². The Morgan fingerprint density at radius 2 is 1.81 bits per heavy atom. The van der Waals surface area contributed by atoms with Gasteiger partial charge in [0.25, 0.3) is 5.91 Å². The average Bonchev–Trinajstić information content (AvgIpc) is 2.70. The number of aromatic nitrogens is 1. The smallest absolute Gasteiger partial charge is 0.317 e. The monoisotopic (exact) mass is 357 g/mol. The van der Waals surface area contributed by atoms with E-state index in [9.17, 15) is 9.59 Å². The van der Waals surface area contributed by atoms with Gasteiger partial charge in [0, 0.05) is 58.1 Å². The fraction of sp³-hybridized carbons (Fsp3) is 0.526. The maximum Gasteiger partial charge on any atom is 0.317 e. The van der Waals surface area contributed by atoms with E-state index in [2.05, 4.69) is 21.8 Å². The molecule has 0 spiro atoms. The van der Waals surface area contributed by atoms with Crippen LogP contribution < -0.4 is 5.32 Å². The lowest BCUT2D eigenvalue weighted by Gasteiger charge is -2.37. The number of hydrogen-bond acceptors (Lipinski definition) is 4. The summed E-state index contributed by atoms with van der Waals surface area (Å²) in [7, 11) is 0. The molecule has 1 aromatic heterocycles. The Kier molecular flexibility index (Phi) is 6.22. The molecule has 0 aromatic carbocycles. The topological polar surface area (TPSA) is 68.8 Å². The second-order valence-electron chi connectivity index (χ2n) is 6.81. The fourth-order valence-electron chi connectivity index (χ4n) is 3.47. The molecule has 140 valence electrons. The van der Waals surface area contributed by atoms with Gasteiger partial charge in [-0.3, -0.25) is 14.7 Å². The number of rotatable bonds is 4. The highest BCUT2D eigenvalue weighted by molar-refractivity contribution is 5.92. The van der Waals surface area contributed by atoms with Crippen LogP contribution in [0.15, 0.2) is 37.1 Å². The second kappa shape index (κ2) is 8.80. The maximum absolute atomic E-state index is 12.5. The van der Waals surface area contributed by atoms with E-state index < -0.39 is 0 Å². The molecule has 0 unspecified atom stereocenters. The first-order valence-electron chi connectivity index (χ1n) is 9.26. The number of amides is 3. The number of pyridine rings is 1. The summed E-state index contributed by atoms with van der Waals surface area (Å²) in [6.45, 7) is 8.85. The van der Waals surface area contributed by atoms with E-state index in [0.29, 0.717) is 31.9 Å². The molecule has 2 aliphatic heterocycles. The van der Waals surface area contributed by atoms with Crippen LogP contribution in [0.25, 0.3) is 0 Å². The molecule has 1 aromatic rings. The minimum absolute atomic E-state index is 0.0166. The van der Waals surface area contributed by atoms with E-state index >= 15 is 0 Å². The molecule has 7 heteroatoms. The zero-order valence-electron chi connectivity index (χ0n) is 15.1. The molecule has 7 nitrogen and oxygen atoms in total. The quantitative estimate of drug-likeness (QED) is 0.822. The molecule has 0 atom stereocenters. The zero-order valence-corrected chi connectivity index (χ0v) is 15.1. The first-order valence-corrected chi connectivity index (χ1v) is 9.26. The van der Waals surface area contributed by atoms with E-state index in [1.54, 1.807) is 28.1 Å². The summed E-state index contributed by atoms with van der Waals surface area (Å²) in [5, 5.41) is 3.15. The summed E-state index contributed by atoms with van der Waals surface area (Å²) in [5.41, 5.74) is 0.455. The number of carbonyl (C=O) groups excluding carboxylic acids is 2. The molecule has 0 saturated carbocycles. The maximum atomic E-state index is 12.5. The zero-order chi connectivity index (χ0) is 18.4. The molecule has 3 rings (SSSR count). The van der Waals surface area contributed by atoms with Gasteiger partial charge in [-0.1, -0.05) is 12.1 Å². The third kappa shape index (κ3) is 4.60. The number of likely N-dealkylation sites (tertiary alicyclic amines) is 1. The van der Waals surface area contributed by atoms with E-state index in [1.807, 2.05) is 12.1 Å². The Balaban J connectivity index is 1.42. The van der Waals surface area contributed by atoms with Crippen molar-refractivity contribution in [3.63, 3.8) is 0 Å². The highest BCUT2D eigenvalue weighted by Gasteiger charge is 2.27. The average molecular weight is 357 g/mol. The number of nitrogens with zero attached hydrogens (tertiary/aromatic N) is 4. The van der Waals surface area contributed by atoms with Gasteiger partial charge in [-0.2, -0.15) is 0 Å². The fourth-order valence-corrected chi connectivity index (χ4v) is 3.47. The van der Waals surface area contributed by atoms with E-state index in [-0.39, 0.29) is 18.0 Å². The Hall–Kier alpha value is -2.41. The Bertz CT molecular complexity index is 620. The van der Waals surface area contributed by atoms with Gasteiger partial charge in [-0.15, -0.1) is 6.58 Å². The lowest BCUT2D eigenvalue weighted by Crippen LogP contribution is -2.55. The van der Waals surface area contributed by atoms with Crippen molar-refractivity contribution in [1.82, 2.24) is 25.0 Å². The van der Waals surface area contributed by atoms with Crippen LogP contribution in [0.1, 0.15) is 23.3 Å². The third-order valence-electron chi connectivity index (χ3n) is 5.04. The van der Waals surface area contributed by atoms with Crippen LogP contribution >= 0.6 is 0 Å². The largest absolute Gasteiger partial charge is 0.335 e. The van der Waals surface area contributed by atoms with Gasteiger partial charge in [0.1, 0.15) is 5.69 Å². The minimum Gasteiger partial charge on any atom is -0.335 e. The van der Waals surface area contributed by atoms with Gasteiger partial charge in [-0.25, -0.2) is 4.79 Å². The third-order valence-corrected chi connectivity index (χ3v) is 5.04. The first-order chi connectivity index (χ1) is 12.7. The molecule has 2 aliphatic rings. The van der Waals surface area contributed by atoms with Crippen LogP contribution in [-0.2, 0) is 0 Å². The minimum atomic E-state index is -0.0692. The second-order valence-corrected chi connectivity index (χ2v) is 6.81. The van der Waals surface area contributed by atoms with Crippen LogP contribution in [0.2, 0.25) is 0 Å². The van der Waals surface area contributed by atoms with Crippen molar-refractivity contribution in [2.24, 2.45) is 0 Å².